The lowest BCUT2D eigenvalue weighted by Gasteiger charge is -2.10. The molecule has 0 spiro atoms. The van der Waals surface area contributed by atoms with Gasteiger partial charge in [-0.1, -0.05) is 47.5 Å². The molecule has 7 rings (SSSR count). The van der Waals surface area contributed by atoms with Crippen molar-refractivity contribution in [2.75, 3.05) is 52.7 Å². The molecule has 306 valence electrons. The number of halogens is 3. The Kier molecular flexibility index (Phi) is 15.6. The summed E-state index contributed by atoms with van der Waals surface area (Å²) in [6.07, 6.45) is 1.99. The highest BCUT2D eigenvalue weighted by Crippen LogP contribution is 2.36. The van der Waals surface area contributed by atoms with Gasteiger partial charge in [-0.15, -0.1) is 21.5 Å². The van der Waals surface area contributed by atoms with E-state index in [-0.39, 0.29) is 11.7 Å². The van der Waals surface area contributed by atoms with Crippen molar-refractivity contribution in [1.82, 2.24) is 30.0 Å². The Balaban J connectivity index is 0.000000212. The maximum atomic E-state index is 14.3. The van der Waals surface area contributed by atoms with Gasteiger partial charge in [0.15, 0.2) is 5.82 Å². The zero-order valence-electron chi connectivity index (χ0n) is 33.1. The van der Waals surface area contributed by atoms with Crippen LogP contribution in [0.3, 0.4) is 0 Å². The number of amides is 1. The molecule has 1 aliphatic rings. The lowest BCUT2D eigenvalue weighted by atomic mass is 10.00. The number of nitrogens with zero attached hydrogens (tertiary/aromatic N) is 5. The van der Waals surface area contributed by atoms with E-state index < -0.39 is 0 Å². The SMILES string of the molecule is CC(=O)NCCOCCOCCOCCNCc1cc(F)cc2c1ccn2Cc1ccc(Cl)cc1.Cc1sc2c(c1C)C(c1ccc(Cl)cc1)=NCc1nnc(C)n1-2. The van der Waals surface area contributed by atoms with Crippen LogP contribution in [0, 0.1) is 26.6 Å². The quantitative estimate of drug-likeness (QED) is 0.0894. The van der Waals surface area contributed by atoms with Gasteiger partial charge >= 0.3 is 0 Å². The number of carbonyl (C=O) groups excluding carboxylic acids is 1. The fraction of sp³-hybridized carbons (Fsp3) is 0.349. The van der Waals surface area contributed by atoms with E-state index in [9.17, 15) is 9.18 Å². The van der Waals surface area contributed by atoms with Crippen LogP contribution in [0.2, 0.25) is 10.0 Å². The Morgan fingerprint density at radius 2 is 1.52 bits per heavy atom. The van der Waals surface area contributed by atoms with Crippen LogP contribution in [0.25, 0.3) is 15.9 Å². The number of aromatic nitrogens is 4. The van der Waals surface area contributed by atoms with Crippen LogP contribution in [-0.4, -0.2) is 83.7 Å². The number of ether oxygens (including phenoxy) is 3. The highest BCUT2D eigenvalue weighted by molar-refractivity contribution is 7.15. The molecule has 2 N–H and O–H groups in total. The van der Waals surface area contributed by atoms with Crippen LogP contribution in [0.1, 0.15) is 51.3 Å². The van der Waals surface area contributed by atoms with Gasteiger partial charge in [-0.3, -0.25) is 14.4 Å². The normalized spacial score (nSPS) is 12.1. The van der Waals surface area contributed by atoms with Crippen LogP contribution >= 0.6 is 34.5 Å². The Morgan fingerprint density at radius 1 is 0.862 bits per heavy atom. The largest absolute Gasteiger partial charge is 0.378 e. The van der Waals surface area contributed by atoms with Crippen LogP contribution < -0.4 is 10.6 Å². The molecule has 15 heteroatoms. The van der Waals surface area contributed by atoms with E-state index >= 15 is 0 Å². The molecule has 4 heterocycles. The van der Waals surface area contributed by atoms with Gasteiger partial charge < -0.3 is 29.4 Å². The van der Waals surface area contributed by atoms with Gasteiger partial charge in [0.2, 0.25) is 5.91 Å². The predicted octanol–water partition coefficient (Wildman–Crippen LogP) is 8.02. The van der Waals surface area contributed by atoms with Crippen molar-refractivity contribution in [3.63, 3.8) is 0 Å². The number of hydrogen-bond acceptors (Lipinski definition) is 9. The smallest absolute Gasteiger partial charge is 0.216 e. The number of rotatable bonds is 17. The molecule has 0 atom stereocenters. The van der Waals surface area contributed by atoms with Gasteiger partial charge in [0.1, 0.15) is 23.2 Å². The second-order valence-electron chi connectivity index (χ2n) is 13.7. The lowest BCUT2D eigenvalue weighted by Crippen LogP contribution is -2.25. The molecule has 3 aromatic heterocycles. The van der Waals surface area contributed by atoms with Crippen LogP contribution in [-0.2, 0) is 38.6 Å². The van der Waals surface area contributed by atoms with Crippen molar-refractivity contribution in [2.24, 2.45) is 4.99 Å². The van der Waals surface area contributed by atoms with E-state index in [0.717, 1.165) is 55.0 Å². The van der Waals surface area contributed by atoms with E-state index in [1.807, 2.05) is 72.3 Å². The first-order chi connectivity index (χ1) is 28.1. The molecule has 0 aliphatic carbocycles. The molecule has 3 aromatic carbocycles. The average molecular weight is 849 g/mol. The molecule has 6 aromatic rings. The standard InChI is InChI=1S/C26H33ClFN3O4.C17H15ClN4S/c1-20(32)30-8-11-34-13-15-35-14-12-33-10-7-29-18-22-16-24(28)17-26-25(22)6-9-31(26)19-21-2-4-23(27)5-3-21;1-9-10(2)23-17-15(9)16(12-4-6-13(18)7-5-12)19-8-14-21-20-11(3)22(14)17/h2-6,9,16-17,29H,7-8,10-15,18-19H2,1H3,(H,30,32);4-7H,8H2,1-3H3. The van der Waals surface area contributed by atoms with Crippen LogP contribution in [0.4, 0.5) is 4.39 Å². The highest BCUT2D eigenvalue weighted by atomic mass is 35.5. The molecule has 0 saturated heterocycles. The number of aliphatic imine (C=N–C) groups is 1. The van der Waals surface area contributed by atoms with E-state index in [1.54, 1.807) is 23.5 Å². The molecule has 1 amide bonds. The van der Waals surface area contributed by atoms with Crippen molar-refractivity contribution in [3.05, 3.63) is 133 Å². The molecule has 11 nitrogen and oxygen atoms in total. The maximum Gasteiger partial charge on any atom is 0.216 e. The zero-order valence-corrected chi connectivity index (χ0v) is 35.4. The third-order valence-electron chi connectivity index (χ3n) is 9.50. The fourth-order valence-corrected chi connectivity index (χ4v) is 7.98. The molecule has 1 aliphatic heterocycles. The first-order valence-corrected chi connectivity index (χ1v) is 20.7. The minimum absolute atomic E-state index is 0.0648. The number of fused-ring (bicyclic) bond motifs is 4. The summed E-state index contributed by atoms with van der Waals surface area (Å²) in [4.78, 5) is 16.9. The molecule has 0 unspecified atom stereocenters. The Hall–Kier alpha value is -4.47. The summed E-state index contributed by atoms with van der Waals surface area (Å²) in [5, 5.41) is 18.1. The maximum absolute atomic E-state index is 14.3. The first kappa shape index (κ1) is 43.1. The Labute approximate surface area is 352 Å². The number of carbonyl (C=O) groups is 1. The summed E-state index contributed by atoms with van der Waals surface area (Å²) in [6.45, 7) is 13.6. The van der Waals surface area contributed by atoms with Crippen molar-refractivity contribution in [2.45, 2.75) is 47.3 Å². The van der Waals surface area contributed by atoms with Gasteiger partial charge in [-0.2, -0.15) is 0 Å². The molecular formula is C43H48Cl2FN7O4S. The highest BCUT2D eigenvalue weighted by Gasteiger charge is 2.26. The third kappa shape index (κ3) is 11.4. The summed E-state index contributed by atoms with van der Waals surface area (Å²) < 4.78 is 34.8. The number of hydrogen-bond donors (Lipinski definition) is 2. The van der Waals surface area contributed by atoms with E-state index in [4.69, 9.17) is 42.4 Å². The second kappa shape index (κ2) is 21.0. The first-order valence-electron chi connectivity index (χ1n) is 19.1. The van der Waals surface area contributed by atoms with Crippen LogP contribution in [0.15, 0.2) is 77.9 Å². The lowest BCUT2D eigenvalue weighted by molar-refractivity contribution is -0.119. The van der Waals surface area contributed by atoms with Crippen molar-refractivity contribution >= 4 is 57.1 Å². The third-order valence-corrected chi connectivity index (χ3v) is 11.2. The molecule has 0 radical (unpaired) electrons. The number of thiophene rings is 1. The van der Waals surface area contributed by atoms with Crippen molar-refractivity contribution in [1.29, 1.82) is 0 Å². The Morgan fingerprint density at radius 3 is 2.21 bits per heavy atom. The molecule has 0 bridgehead atoms. The fourth-order valence-electron chi connectivity index (χ4n) is 6.50. The summed E-state index contributed by atoms with van der Waals surface area (Å²) in [5.74, 6) is 1.46. The minimum atomic E-state index is -0.252. The topological polar surface area (TPSA) is 117 Å². The summed E-state index contributed by atoms with van der Waals surface area (Å²) in [6, 6.07) is 20.7. The van der Waals surface area contributed by atoms with Gasteiger partial charge in [0.25, 0.3) is 0 Å². The van der Waals surface area contributed by atoms with Gasteiger partial charge in [-0.05, 0) is 79.9 Å². The zero-order chi connectivity index (χ0) is 41.0. The molecule has 58 heavy (non-hydrogen) atoms. The predicted molar refractivity (Wildman–Crippen MR) is 230 cm³/mol. The van der Waals surface area contributed by atoms with Crippen LogP contribution in [0.5, 0.6) is 0 Å². The average Bonchev–Trinajstić information content (AvgIpc) is 3.83. The minimum Gasteiger partial charge on any atom is -0.378 e. The van der Waals surface area contributed by atoms with Gasteiger partial charge in [0.05, 0.1) is 50.9 Å². The molecule has 0 saturated carbocycles. The Bertz CT molecular complexity index is 2320. The van der Waals surface area contributed by atoms with E-state index in [1.165, 1.54) is 22.9 Å². The van der Waals surface area contributed by atoms with Crippen molar-refractivity contribution < 1.29 is 23.4 Å². The number of benzene rings is 3. The summed E-state index contributed by atoms with van der Waals surface area (Å²) >= 11 is 13.8. The monoisotopic (exact) mass is 847 g/mol. The van der Waals surface area contributed by atoms with E-state index in [2.05, 4.69) is 39.2 Å². The second-order valence-corrected chi connectivity index (χ2v) is 15.8. The molecular weight excluding hydrogens is 800 g/mol. The summed E-state index contributed by atoms with van der Waals surface area (Å²) in [5.41, 5.74) is 7.40. The number of aryl methyl sites for hydroxylation is 2. The van der Waals surface area contributed by atoms with Crippen molar-refractivity contribution in [3.8, 4) is 5.00 Å². The molecule has 0 fully saturated rings. The summed E-state index contributed by atoms with van der Waals surface area (Å²) in [7, 11) is 0. The van der Waals surface area contributed by atoms with E-state index in [0.29, 0.717) is 77.4 Å². The van der Waals surface area contributed by atoms with Gasteiger partial charge in [0, 0.05) is 70.7 Å². The van der Waals surface area contributed by atoms with Gasteiger partial charge in [-0.25, -0.2) is 4.39 Å². The number of nitrogens with one attached hydrogen (secondary N) is 2.